The van der Waals surface area contributed by atoms with Crippen LogP contribution in [0.1, 0.15) is 23.6 Å². The molecule has 3 aromatic rings. The first-order valence-corrected chi connectivity index (χ1v) is 10.4. The van der Waals surface area contributed by atoms with E-state index in [1.165, 1.54) is 0 Å². The van der Waals surface area contributed by atoms with Gasteiger partial charge in [-0.25, -0.2) is 4.79 Å². The summed E-state index contributed by atoms with van der Waals surface area (Å²) in [7, 11) is 1.62. The fourth-order valence-electron chi connectivity index (χ4n) is 3.72. The van der Waals surface area contributed by atoms with Crippen molar-refractivity contribution in [2.75, 3.05) is 7.11 Å². The summed E-state index contributed by atoms with van der Waals surface area (Å²) in [6.07, 6.45) is 4.32. The molecule has 3 N–H and O–H groups in total. The molecular weight excluding hydrogens is 418 g/mol. The summed E-state index contributed by atoms with van der Waals surface area (Å²) in [5.74, 6) is 1.00. The van der Waals surface area contributed by atoms with Gasteiger partial charge in [0, 0.05) is 29.2 Å². The molecule has 4 rings (SSSR count). The summed E-state index contributed by atoms with van der Waals surface area (Å²) < 4.78 is 17.2. The zero-order chi connectivity index (χ0) is 23.3. The van der Waals surface area contributed by atoms with Crippen molar-refractivity contribution in [3.05, 3.63) is 113 Å². The maximum absolute atomic E-state index is 11.8. The van der Waals surface area contributed by atoms with Crippen molar-refractivity contribution in [3.8, 4) is 5.75 Å². The number of hydrogen-bond acceptors (Lipinski definition) is 6. The Balaban J connectivity index is 1.80. The Bertz CT molecular complexity index is 1180. The molecule has 1 aliphatic heterocycles. The minimum absolute atomic E-state index is 0.227. The molecule has 0 fully saturated rings. The summed E-state index contributed by atoms with van der Waals surface area (Å²) in [4.78, 5) is 16.1. The molecule has 1 aliphatic rings. The van der Waals surface area contributed by atoms with Crippen molar-refractivity contribution in [2.24, 2.45) is 5.73 Å². The number of carbonyl (C=O) groups is 1. The number of ether oxygens (including phenoxy) is 3. The Morgan fingerprint density at radius 1 is 1.06 bits per heavy atom. The molecule has 7 heteroatoms. The zero-order valence-corrected chi connectivity index (χ0v) is 18.4. The van der Waals surface area contributed by atoms with E-state index in [0.717, 1.165) is 33.7 Å². The number of primary amides is 1. The second-order valence-corrected chi connectivity index (χ2v) is 7.54. The van der Waals surface area contributed by atoms with Gasteiger partial charge < -0.3 is 25.3 Å². The summed E-state index contributed by atoms with van der Waals surface area (Å²) in [6.45, 7) is 2.14. The average Bonchev–Trinajstić information content (AvgIpc) is 2.85. The van der Waals surface area contributed by atoms with Crippen LogP contribution < -0.4 is 15.8 Å². The largest absolute Gasteiger partial charge is 0.497 e. The van der Waals surface area contributed by atoms with Crippen LogP contribution in [-0.2, 0) is 21.8 Å². The average molecular weight is 444 g/mol. The standard InChI is InChI=1S/C26H25N3O4/c1-18-15-23(33-25(27)30)26(21-8-4-3-5-9-21,29-24(18)20-7-6-14-28-16-20)32-17-19-10-12-22(31-2)13-11-19/h3-16,29H,17H2,1-2H3,(H2,27,30). The Hall–Kier alpha value is -4.10. The monoisotopic (exact) mass is 443 g/mol. The van der Waals surface area contributed by atoms with Gasteiger partial charge in [-0.1, -0.05) is 42.5 Å². The van der Waals surface area contributed by atoms with Gasteiger partial charge in [0.05, 0.1) is 13.7 Å². The second-order valence-electron chi connectivity index (χ2n) is 7.54. The van der Waals surface area contributed by atoms with Crippen LogP contribution in [0.3, 0.4) is 0 Å². The van der Waals surface area contributed by atoms with E-state index in [1.54, 1.807) is 25.6 Å². The van der Waals surface area contributed by atoms with Crippen molar-refractivity contribution in [1.82, 2.24) is 10.3 Å². The van der Waals surface area contributed by atoms with Crippen LogP contribution in [0.2, 0.25) is 0 Å². The number of nitrogens with zero attached hydrogens (tertiary/aromatic N) is 1. The number of hydrogen-bond donors (Lipinski definition) is 2. The van der Waals surface area contributed by atoms with Crippen LogP contribution in [0.25, 0.3) is 5.70 Å². The molecule has 2 aromatic carbocycles. The SMILES string of the molecule is COc1ccc(COC2(c3ccccc3)NC(c3cccnc3)=C(C)C=C2OC(N)=O)cc1. The molecule has 0 saturated heterocycles. The molecule has 0 bridgehead atoms. The summed E-state index contributed by atoms with van der Waals surface area (Å²) in [6, 6.07) is 20.9. The van der Waals surface area contributed by atoms with E-state index in [0.29, 0.717) is 0 Å². The summed E-state index contributed by atoms with van der Waals surface area (Å²) >= 11 is 0. The quantitative estimate of drug-likeness (QED) is 0.559. The Morgan fingerprint density at radius 2 is 1.82 bits per heavy atom. The minimum atomic E-state index is -1.30. The lowest BCUT2D eigenvalue weighted by atomic mass is 9.92. The number of amides is 1. The lowest BCUT2D eigenvalue weighted by Gasteiger charge is -2.40. The van der Waals surface area contributed by atoms with Gasteiger partial charge in [0.1, 0.15) is 5.75 Å². The van der Waals surface area contributed by atoms with Gasteiger partial charge in [-0.05, 0) is 48.4 Å². The highest BCUT2D eigenvalue weighted by molar-refractivity contribution is 5.73. The molecule has 1 unspecified atom stereocenters. The van der Waals surface area contributed by atoms with Crippen LogP contribution in [0.15, 0.2) is 96.5 Å². The zero-order valence-electron chi connectivity index (χ0n) is 18.4. The van der Waals surface area contributed by atoms with Crippen molar-refractivity contribution in [1.29, 1.82) is 0 Å². The van der Waals surface area contributed by atoms with Gasteiger partial charge in [0.15, 0.2) is 5.76 Å². The van der Waals surface area contributed by atoms with Crippen molar-refractivity contribution in [3.63, 3.8) is 0 Å². The van der Waals surface area contributed by atoms with Crippen molar-refractivity contribution >= 4 is 11.8 Å². The Morgan fingerprint density at radius 3 is 2.45 bits per heavy atom. The maximum atomic E-state index is 11.8. The maximum Gasteiger partial charge on any atom is 0.409 e. The third kappa shape index (κ3) is 4.73. The first kappa shape index (κ1) is 22.1. The third-order valence-corrected chi connectivity index (χ3v) is 5.35. The van der Waals surface area contributed by atoms with E-state index in [9.17, 15) is 4.79 Å². The number of nitrogens with one attached hydrogen (secondary N) is 1. The molecular formula is C26H25N3O4. The van der Waals surface area contributed by atoms with Crippen LogP contribution in [0.4, 0.5) is 4.79 Å². The summed E-state index contributed by atoms with van der Waals surface area (Å²) in [5, 5.41) is 3.49. The predicted molar refractivity (Wildman–Crippen MR) is 125 cm³/mol. The minimum Gasteiger partial charge on any atom is -0.497 e. The number of methoxy groups -OCH3 is 1. The van der Waals surface area contributed by atoms with E-state index < -0.39 is 11.8 Å². The van der Waals surface area contributed by atoms with Gasteiger partial charge >= 0.3 is 6.09 Å². The molecule has 0 aliphatic carbocycles. The molecule has 1 atom stereocenters. The van der Waals surface area contributed by atoms with Crippen molar-refractivity contribution < 1.29 is 19.0 Å². The first-order chi connectivity index (χ1) is 16.0. The van der Waals surface area contributed by atoms with E-state index in [4.69, 9.17) is 19.9 Å². The molecule has 0 spiro atoms. The van der Waals surface area contributed by atoms with E-state index in [-0.39, 0.29) is 12.4 Å². The number of allylic oxidation sites excluding steroid dienone is 2. The lowest BCUT2D eigenvalue weighted by molar-refractivity contribution is -0.0754. The highest BCUT2D eigenvalue weighted by Crippen LogP contribution is 2.40. The molecule has 7 nitrogen and oxygen atoms in total. The number of carbonyl (C=O) groups excluding carboxylic acids is 1. The molecule has 1 amide bonds. The van der Waals surface area contributed by atoms with Crippen molar-refractivity contribution in [2.45, 2.75) is 19.3 Å². The second kappa shape index (κ2) is 9.58. The number of nitrogens with two attached hydrogens (primary N) is 1. The van der Waals surface area contributed by atoms with Gasteiger partial charge in [-0.2, -0.15) is 0 Å². The Kier molecular flexibility index (Phi) is 6.42. The molecule has 1 aromatic heterocycles. The molecule has 0 radical (unpaired) electrons. The first-order valence-electron chi connectivity index (χ1n) is 10.4. The van der Waals surface area contributed by atoms with Gasteiger partial charge in [-0.15, -0.1) is 0 Å². The van der Waals surface area contributed by atoms with Crippen LogP contribution in [-0.4, -0.2) is 18.2 Å². The highest BCUT2D eigenvalue weighted by atomic mass is 16.6. The topological polar surface area (TPSA) is 95.7 Å². The van der Waals surface area contributed by atoms with E-state index >= 15 is 0 Å². The normalized spacial score (nSPS) is 17.7. The molecule has 33 heavy (non-hydrogen) atoms. The van der Waals surface area contributed by atoms with E-state index in [1.807, 2.05) is 73.7 Å². The summed E-state index contributed by atoms with van der Waals surface area (Å²) in [5.41, 5.74) is 8.31. The molecule has 168 valence electrons. The van der Waals surface area contributed by atoms with Gasteiger partial charge in [0.25, 0.3) is 0 Å². The lowest BCUT2D eigenvalue weighted by Crippen LogP contribution is -2.49. The van der Waals surface area contributed by atoms with Crippen LogP contribution in [0.5, 0.6) is 5.75 Å². The predicted octanol–water partition coefficient (Wildman–Crippen LogP) is 4.47. The number of dihydropyridines is 1. The molecule has 2 heterocycles. The number of benzene rings is 2. The fraction of sp³-hybridized carbons (Fsp3) is 0.154. The fourth-order valence-corrected chi connectivity index (χ4v) is 3.72. The smallest absolute Gasteiger partial charge is 0.409 e. The van der Waals surface area contributed by atoms with Gasteiger partial charge in [-0.3, -0.25) is 4.98 Å². The highest BCUT2D eigenvalue weighted by Gasteiger charge is 2.44. The van der Waals surface area contributed by atoms with Crippen LogP contribution in [0, 0.1) is 0 Å². The van der Waals surface area contributed by atoms with Crippen LogP contribution >= 0.6 is 0 Å². The number of rotatable bonds is 7. The Labute approximate surface area is 192 Å². The number of aromatic nitrogens is 1. The third-order valence-electron chi connectivity index (χ3n) is 5.35. The van der Waals surface area contributed by atoms with E-state index in [2.05, 4.69) is 10.3 Å². The van der Waals surface area contributed by atoms with Gasteiger partial charge in [0.2, 0.25) is 5.72 Å². The molecule has 0 saturated carbocycles. The number of pyridine rings is 1.